The zero-order chi connectivity index (χ0) is 19.5. The summed E-state index contributed by atoms with van der Waals surface area (Å²) in [5.41, 5.74) is 0. The molecule has 5 nitrogen and oxygen atoms in total. The molecule has 0 bridgehead atoms. The molecule has 0 saturated heterocycles. The molecule has 0 radical (unpaired) electrons. The predicted octanol–water partition coefficient (Wildman–Crippen LogP) is 5.32. The van der Waals surface area contributed by atoms with Crippen LogP contribution in [-0.2, 0) is 23.1 Å². The van der Waals surface area contributed by atoms with Gasteiger partial charge in [-0.05, 0) is 32.4 Å². The van der Waals surface area contributed by atoms with E-state index in [1.807, 2.05) is 25.6 Å². The maximum Gasteiger partial charge on any atom is 0.330 e. The van der Waals surface area contributed by atoms with E-state index in [2.05, 4.69) is 13.2 Å². The summed E-state index contributed by atoms with van der Waals surface area (Å²) in [5.74, 6) is 2.00. The van der Waals surface area contributed by atoms with Gasteiger partial charge in [-0.25, -0.2) is 0 Å². The highest BCUT2D eigenvalue weighted by Gasteiger charge is 2.22. The molecule has 0 N–H and O–H groups in total. The van der Waals surface area contributed by atoms with E-state index in [-0.39, 0.29) is 6.10 Å². The Kier molecular flexibility index (Phi) is 18.2. The summed E-state index contributed by atoms with van der Waals surface area (Å²) in [5, 5.41) is 0. The fourth-order valence-electron chi connectivity index (χ4n) is 2.27. The molecule has 26 heavy (non-hydrogen) atoms. The quantitative estimate of drug-likeness (QED) is 0.154. The molecule has 0 aliphatic carbocycles. The first-order valence-electron chi connectivity index (χ1n) is 9.48. The van der Waals surface area contributed by atoms with Crippen LogP contribution in [0.4, 0.5) is 0 Å². The number of rotatable bonds is 20. The predicted molar refractivity (Wildman–Crippen MR) is 112 cm³/mol. The first kappa shape index (κ1) is 25.9. The Morgan fingerprint density at radius 3 is 2.27 bits per heavy atom. The van der Waals surface area contributed by atoms with Crippen LogP contribution in [-0.4, -0.2) is 56.8 Å². The first-order chi connectivity index (χ1) is 12.6. The van der Waals surface area contributed by atoms with Crippen molar-refractivity contribution in [2.24, 2.45) is 0 Å². The lowest BCUT2D eigenvalue weighted by Crippen LogP contribution is -2.23. The number of ether oxygens (including phenoxy) is 2. The van der Waals surface area contributed by atoms with Gasteiger partial charge >= 0.3 is 7.60 Å². The van der Waals surface area contributed by atoms with Crippen LogP contribution in [0.15, 0.2) is 25.3 Å². The Balaban J connectivity index is 3.77. The maximum atomic E-state index is 12.3. The number of thioether (sulfide) groups is 1. The van der Waals surface area contributed by atoms with Crippen molar-refractivity contribution in [1.29, 1.82) is 0 Å². The molecule has 1 atom stereocenters. The Morgan fingerprint density at radius 1 is 1.00 bits per heavy atom. The van der Waals surface area contributed by atoms with E-state index in [4.69, 9.17) is 18.5 Å². The normalized spacial score (nSPS) is 12.8. The van der Waals surface area contributed by atoms with E-state index in [1.54, 1.807) is 12.2 Å². The highest BCUT2D eigenvalue weighted by molar-refractivity contribution is 7.99. The minimum atomic E-state index is -2.87. The lowest BCUT2D eigenvalue weighted by molar-refractivity contribution is 0.0156. The average molecular weight is 409 g/mol. The van der Waals surface area contributed by atoms with Crippen LogP contribution >= 0.6 is 19.4 Å². The van der Waals surface area contributed by atoms with Crippen LogP contribution in [0, 0.1) is 0 Å². The van der Waals surface area contributed by atoms with Gasteiger partial charge < -0.3 is 18.5 Å². The Hall–Kier alpha value is -0.100. The minimum absolute atomic E-state index is 0.0845. The second kappa shape index (κ2) is 18.3. The lowest BCUT2D eigenvalue weighted by Gasteiger charge is -2.17. The van der Waals surface area contributed by atoms with Crippen molar-refractivity contribution in [2.45, 2.75) is 45.6 Å². The van der Waals surface area contributed by atoms with E-state index >= 15 is 0 Å². The van der Waals surface area contributed by atoms with Crippen molar-refractivity contribution >= 4 is 19.4 Å². The van der Waals surface area contributed by atoms with E-state index in [0.29, 0.717) is 39.2 Å². The molecule has 0 spiro atoms. The second-order valence-electron chi connectivity index (χ2n) is 5.73. The summed E-state index contributed by atoms with van der Waals surface area (Å²) in [7, 11) is -2.87. The third kappa shape index (κ3) is 15.0. The summed E-state index contributed by atoms with van der Waals surface area (Å²) in [4.78, 5) is 0. The van der Waals surface area contributed by atoms with Crippen molar-refractivity contribution in [3.05, 3.63) is 25.3 Å². The smallest absolute Gasteiger partial charge is 0.330 e. The minimum Gasteiger partial charge on any atom is -0.375 e. The maximum absolute atomic E-state index is 12.3. The largest absolute Gasteiger partial charge is 0.375 e. The third-order valence-electron chi connectivity index (χ3n) is 3.42. The van der Waals surface area contributed by atoms with Gasteiger partial charge in [0.25, 0.3) is 0 Å². The summed E-state index contributed by atoms with van der Waals surface area (Å²) in [6, 6.07) is 0. The molecule has 0 aliphatic rings. The SMILES string of the molecule is C=CCOCC(CSCCCCCCP(=O)(OCC)OCC)OCC=C. The highest BCUT2D eigenvalue weighted by atomic mass is 32.2. The van der Waals surface area contributed by atoms with Gasteiger partial charge in [0.05, 0.1) is 45.3 Å². The van der Waals surface area contributed by atoms with Crippen LogP contribution in [0.25, 0.3) is 0 Å². The molecule has 0 aromatic rings. The van der Waals surface area contributed by atoms with Gasteiger partial charge in [-0.2, -0.15) is 11.8 Å². The van der Waals surface area contributed by atoms with Gasteiger partial charge in [0.15, 0.2) is 0 Å². The zero-order valence-electron chi connectivity index (χ0n) is 16.5. The number of unbranched alkanes of at least 4 members (excludes halogenated alkanes) is 3. The fraction of sp³-hybridized carbons (Fsp3) is 0.789. The van der Waals surface area contributed by atoms with E-state index in [9.17, 15) is 4.57 Å². The van der Waals surface area contributed by atoms with Crippen LogP contribution in [0.3, 0.4) is 0 Å². The third-order valence-corrected chi connectivity index (χ3v) is 6.77. The average Bonchev–Trinajstić information content (AvgIpc) is 2.61. The lowest BCUT2D eigenvalue weighted by atomic mass is 10.2. The molecule has 0 aromatic carbocycles. The molecule has 0 aromatic heterocycles. The molecule has 0 aliphatic heterocycles. The van der Waals surface area contributed by atoms with Gasteiger partial charge in [0.2, 0.25) is 0 Å². The van der Waals surface area contributed by atoms with Crippen LogP contribution in [0.1, 0.15) is 39.5 Å². The van der Waals surface area contributed by atoms with Gasteiger partial charge in [0, 0.05) is 5.75 Å². The van der Waals surface area contributed by atoms with E-state index < -0.39 is 7.60 Å². The molecule has 0 rings (SSSR count). The molecule has 0 fully saturated rings. The Bertz CT molecular complexity index is 382. The fourth-order valence-corrected chi connectivity index (χ4v) is 5.03. The Labute approximate surface area is 164 Å². The van der Waals surface area contributed by atoms with Gasteiger partial charge in [0.1, 0.15) is 0 Å². The molecule has 0 saturated carbocycles. The Morgan fingerprint density at radius 2 is 1.65 bits per heavy atom. The second-order valence-corrected chi connectivity index (χ2v) is 9.06. The van der Waals surface area contributed by atoms with Crippen LogP contribution in [0.5, 0.6) is 0 Å². The van der Waals surface area contributed by atoms with Crippen molar-refractivity contribution in [3.63, 3.8) is 0 Å². The molecule has 1 unspecified atom stereocenters. The van der Waals surface area contributed by atoms with Crippen molar-refractivity contribution < 1.29 is 23.1 Å². The highest BCUT2D eigenvalue weighted by Crippen LogP contribution is 2.48. The monoisotopic (exact) mass is 408 g/mol. The molecular weight excluding hydrogens is 371 g/mol. The molecule has 7 heteroatoms. The van der Waals surface area contributed by atoms with Crippen LogP contribution < -0.4 is 0 Å². The van der Waals surface area contributed by atoms with E-state index in [1.165, 1.54) is 0 Å². The van der Waals surface area contributed by atoms with Gasteiger partial charge in [-0.3, -0.25) is 4.57 Å². The van der Waals surface area contributed by atoms with Crippen molar-refractivity contribution in [3.8, 4) is 0 Å². The molecular formula is C19H37O5PS. The molecule has 0 heterocycles. The molecule has 154 valence electrons. The standard InChI is InChI=1S/C19H37O5PS/c1-5-13-21-17-19(22-14-6-2)18-26-16-12-10-9-11-15-25(20,23-7-3)24-8-4/h5-6,19H,1-2,7-18H2,3-4H3. The van der Waals surface area contributed by atoms with E-state index in [0.717, 1.165) is 37.2 Å². The van der Waals surface area contributed by atoms with Crippen LogP contribution in [0.2, 0.25) is 0 Å². The summed E-state index contributed by atoms with van der Waals surface area (Å²) < 4.78 is 34.1. The molecule has 0 amide bonds. The number of hydrogen-bond acceptors (Lipinski definition) is 6. The zero-order valence-corrected chi connectivity index (χ0v) is 18.2. The first-order valence-corrected chi connectivity index (χ1v) is 12.4. The topological polar surface area (TPSA) is 54.0 Å². The summed E-state index contributed by atoms with van der Waals surface area (Å²) in [6.45, 7) is 13.5. The van der Waals surface area contributed by atoms with Crippen molar-refractivity contribution in [2.75, 3.05) is 50.7 Å². The van der Waals surface area contributed by atoms with Gasteiger partial charge in [-0.1, -0.05) is 25.0 Å². The van der Waals surface area contributed by atoms with Gasteiger partial charge in [-0.15, -0.1) is 13.2 Å². The summed E-state index contributed by atoms with van der Waals surface area (Å²) >= 11 is 1.88. The van der Waals surface area contributed by atoms with Crippen molar-refractivity contribution in [1.82, 2.24) is 0 Å². The number of hydrogen-bond donors (Lipinski definition) is 0. The summed E-state index contributed by atoms with van der Waals surface area (Å²) in [6.07, 6.45) is 8.28.